The van der Waals surface area contributed by atoms with E-state index in [1.807, 2.05) is 49.3 Å². The van der Waals surface area contributed by atoms with Gasteiger partial charge in [-0.1, -0.05) is 35.6 Å². The Morgan fingerprint density at radius 1 is 1.00 bits per heavy atom. The van der Waals surface area contributed by atoms with Gasteiger partial charge in [-0.2, -0.15) is 0 Å². The molecular formula is C26H25N3O5S. The molecule has 1 aromatic heterocycles. The number of esters is 2. The van der Waals surface area contributed by atoms with Gasteiger partial charge in [0, 0.05) is 19.8 Å². The number of nitrogens with zero attached hydrogens (tertiary/aromatic N) is 3. The lowest BCUT2D eigenvalue weighted by atomic mass is 9.95. The maximum Gasteiger partial charge on any atom is 0.338 e. The third-order valence-electron chi connectivity index (χ3n) is 5.78. The van der Waals surface area contributed by atoms with Gasteiger partial charge >= 0.3 is 11.9 Å². The van der Waals surface area contributed by atoms with Crippen LogP contribution < -0.4 is 19.8 Å². The van der Waals surface area contributed by atoms with Gasteiger partial charge in [-0.15, -0.1) is 0 Å². The van der Waals surface area contributed by atoms with E-state index >= 15 is 0 Å². The molecule has 0 saturated heterocycles. The van der Waals surface area contributed by atoms with Crippen LogP contribution in [-0.4, -0.2) is 44.8 Å². The highest BCUT2D eigenvalue weighted by atomic mass is 32.1. The minimum atomic E-state index is -0.747. The number of carbonyl (C=O) groups excluding carboxylic acids is 2. The molecule has 3 aromatic rings. The zero-order valence-corrected chi connectivity index (χ0v) is 20.9. The lowest BCUT2D eigenvalue weighted by molar-refractivity contribution is -0.136. The molecule has 0 N–H and O–H groups in total. The number of anilines is 1. The molecule has 1 atom stereocenters. The monoisotopic (exact) mass is 491 g/mol. The van der Waals surface area contributed by atoms with Crippen molar-refractivity contribution in [2.45, 2.75) is 13.0 Å². The minimum absolute atomic E-state index is 0.263. The molecule has 0 saturated carbocycles. The van der Waals surface area contributed by atoms with Crippen LogP contribution in [-0.2, 0) is 14.3 Å². The summed E-state index contributed by atoms with van der Waals surface area (Å²) in [7, 11) is 6.53. The van der Waals surface area contributed by atoms with Gasteiger partial charge < -0.3 is 14.4 Å². The normalized spacial score (nSPS) is 15.3. The summed E-state index contributed by atoms with van der Waals surface area (Å²) in [5.74, 6) is -1.04. The van der Waals surface area contributed by atoms with Gasteiger partial charge in [0.05, 0.1) is 41.6 Å². The van der Waals surface area contributed by atoms with Crippen LogP contribution in [0, 0.1) is 0 Å². The van der Waals surface area contributed by atoms with Crippen molar-refractivity contribution < 1.29 is 19.1 Å². The molecule has 0 fully saturated rings. The highest BCUT2D eigenvalue weighted by Crippen LogP contribution is 2.30. The number of hydrogen-bond acceptors (Lipinski definition) is 8. The summed E-state index contributed by atoms with van der Waals surface area (Å²) in [5.41, 5.74) is 3.43. The number of hydrogen-bond donors (Lipinski definition) is 0. The predicted octanol–water partition coefficient (Wildman–Crippen LogP) is 2.26. The fraction of sp³-hybridized carbons (Fsp3) is 0.231. The second kappa shape index (κ2) is 9.71. The van der Waals surface area contributed by atoms with E-state index in [1.54, 1.807) is 31.2 Å². The summed E-state index contributed by atoms with van der Waals surface area (Å²) in [4.78, 5) is 45.3. The molecule has 180 valence electrons. The molecule has 2 heterocycles. The maximum atomic E-state index is 13.6. The summed E-state index contributed by atoms with van der Waals surface area (Å²) < 4.78 is 11.8. The highest BCUT2D eigenvalue weighted by Gasteiger charge is 2.33. The van der Waals surface area contributed by atoms with Gasteiger partial charge in [-0.25, -0.2) is 14.6 Å². The van der Waals surface area contributed by atoms with E-state index in [0.29, 0.717) is 26.2 Å². The Labute approximate surface area is 206 Å². The van der Waals surface area contributed by atoms with Crippen LogP contribution in [0.4, 0.5) is 5.69 Å². The Bertz CT molecular complexity index is 1500. The first-order valence-corrected chi connectivity index (χ1v) is 11.6. The Balaban J connectivity index is 1.88. The number of aromatic nitrogens is 1. The number of allylic oxidation sites excluding steroid dienone is 1. The maximum absolute atomic E-state index is 13.6. The third-order valence-corrected chi connectivity index (χ3v) is 6.76. The topological polar surface area (TPSA) is 90.2 Å². The molecule has 2 aromatic carbocycles. The zero-order valence-electron chi connectivity index (χ0n) is 20.1. The Morgan fingerprint density at radius 3 is 2.20 bits per heavy atom. The number of fused-ring (bicyclic) bond motifs is 1. The van der Waals surface area contributed by atoms with Crippen LogP contribution in [0.3, 0.4) is 0 Å². The molecule has 0 amide bonds. The van der Waals surface area contributed by atoms with Gasteiger partial charge in [0.2, 0.25) is 0 Å². The first-order chi connectivity index (χ1) is 16.7. The fourth-order valence-electron chi connectivity index (χ4n) is 3.95. The summed E-state index contributed by atoms with van der Waals surface area (Å²) >= 11 is 1.26. The zero-order chi connectivity index (χ0) is 25.3. The van der Waals surface area contributed by atoms with Gasteiger partial charge in [0.15, 0.2) is 4.80 Å². The molecule has 1 unspecified atom stereocenters. The summed E-state index contributed by atoms with van der Waals surface area (Å²) in [6.45, 7) is 1.72. The van der Waals surface area contributed by atoms with Crippen molar-refractivity contribution >= 4 is 35.0 Å². The summed E-state index contributed by atoms with van der Waals surface area (Å²) in [6.07, 6.45) is 1.82. The van der Waals surface area contributed by atoms with E-state index in [0.717, 1.165) is 11.3 Å². The number of carbonyl (C=O) groups is 2. The number of thiazole rings is 1. The lowest BCUT2D eigenvalue weighted by Gasteiger charge is -2.24. The van der Waals surface area contributed by atoms with E-state index in [9.17, 15) is 14.4 Å². The molecule has 0 spiro atoms. The van der Waals surface area contributed by atoms with Crippen LogP contribution in [0.5, 0.6) is 0 Å². The molecule has 0 aliphatic carbocycles. The van der Waals surface area contributed by atoms with Crippen molar-refractivity contribution in [2.24, 2.45) is 4.99 Å². The van der Waals surface area contributed by atoms with Crippen molar-refractivity contribution in [3.8, 4) is 0 Å². The predicted molar refractivity (Wildman–Crippen MR) is 134 cm³/mol. The highest BCUT2D eigenvalue weighted by molar-refractivity contribution is 7.07. The summed E-state index contributed by atoms with van der Waals surface area (Å²) in [6, 6.07) is 13.7. The molecule has 8 nitrogen and oxygen atoms in total. The van der Waals surface area contributed by atoms with Crippen molar-refractivity contribution in [2.75, 3.05) is 33.2 Å². The number of rotatable bonds is 5. The van der Waals surface area contributed by atoms with E-state index in [4.69, 9.17) is 9.47 Å². The second-order valence-corrected chi connectivity index (χ2v) is 9.18. The number of ether oxygens (including phenoxy) is 2. The van der Waals surface area contributed by atoms with Crippen molar-refractivity contribution in [3.05, 3.63) is 96.2 Å². The van der Waals surface area contributed by atoms with E-state index in [1.165, 1.54) is 30.1 Å². The van der Waals surface area contributed by atoms with Gasteiger partial charge in [-0.05, 0) is 48.4 Å². The van der Waals surface area contributed by atoms with E-state index in [-0.39, 0.29) is 11.1 Å². The Morgan fingerprint density at radius 2 is 1.63 bits per heavy atom. The fourth-order valence-corrected chi connectivity index (χ4v) is 4.99. The van der Waals surface area contributed by atoms with E-state index in [2.05, 4.69) is 4.99 Å². The standard InChI is InChI=1S/C26H25N3O5S/c1-15-21(25(32)34-5)22(17-8-10-18(11-9-17)24(31)33-4)29-23(30)20(35-26(29)27-15)14-16-6-12-19(13-7-16)28(2)3/h6-14,22H,1-5H3/b20-14-. The first-order valence-electron chi connectivity index (χ1n) is 10.8. The van der Waals surface area contributed by atoms with Gasteiger partial charge in [0.25, 0.3) is 5.56 Å². The molecule has 1 aliphatic heterocycles. The average molecular weight is 492 g/mol. The molecule has 0 bridgehead atoms. The van der Waals surface area contributed by atoms with Crippen LogP contribution in [0.2, 0.25) is 0 Å². The third kappa shape index (κ3) is 4.54. The SMILES string of the molecule is COC(=O)C1=C(C)N=c2s/c(=C\c3ccc(N(C)C)cc3)c(=O)n2C1c1ccc(C(=O)OC)cc1. The molecule has 9 heteroatoms. The second-order valence-electron chi connectivity index (χ2n) is 8.17. The average Bonchev–Trinajstić information content (AvgIpc) is 3.16. The van der Waals surface area contributed by atoms with Crippen LogP contribution in [0.1, 0.15) is 34.5 Å². The van der Waals surface area contributed by atoms with Gasteiger partial charge in [0.1, 0.15) is 0 Å². The Hall–Kier alpha value is -3.98. The van der Waals surface area contributed by atoms with Gasteiger partial charge in [-0.3, -0.25) is 9.36 Å². The van der Waals surface area contributed by atoms with Crippen molar-refractivity contribution in [1.29, 1.82) is 0 Å². The smallest absolute Gasteiger partial charge is 0.338 e. The van der Waals surface area contributed by atoms with Crippen molar-refractivity contribution in [1.82, 2.24) is 4.57 Å². The van der Waals surface area contributed by atoms with Crippen LogP contribution in [0.15, 0.2) is 69.6 Å². The number of benzene rings is 2. The van der Waals surface area contributed by atoms with E-state index < -0.39 is 18.0 Å². The number of methoxy groups -OCH3 is 2. The molecule has 0 radical (unpaired) electrons. The molecule has 1 aliphatic rings. The molecule has 35 heavy (non-hydrogen) atoms. The molecular weight excluding hydrogens is 466 g/mol. The molecule has 4 rings (SSSR count). The van der Waals surface area contributed by atoms with Crippen LogP contribution in [0.25, 0.3) is 6.08 Å². The lowest BCUT2D eigenvalue weighted by Crippen LogP contribution is -2.39. The Kier molecular flexibility index (Phi) is 6.70. The summed E-state index contributed by atoms with van der Waals surface area (Å²) in [5, 5.41) is 0. The van der Waals surface area contributed by atoms with Crippen LogP contribution >= 0.6 is 11.3 Å². The largest absolute Gasteiger partial charge is 0.466 e. The minimum Gasteiger partial charge on any atom is -0.466 e. The first kappa shape index (κ1) is 24.2. The van der Waals surface area contributed by atoms with Crippen molar-refractivity contribution in [3.63, 3.8) is 0 Å². The quantitative estimate of drug-likeness (QED) is 0.509.